The van der Waals surface area contributed by atoms with Crippen molar-refractivity contribution < 1.29 is 80.2 Å². The summed E-state index contributed by atoms with van der Waals surface area (Å²) in [6, 6.07) is 0. The second-order valence-corrected chi connectivity index (χ2v) is 28.5. The minimum atomic E-state index is -4.95. The predicted octanol–water partition coefficient (Wildman–Crippen LogP) is 19.6. The molecule has 0 bridgehead atoms. The number of hydrogen-bond donors (Lipinski definition) is 3. The average Bonchev–Trinajstić information content (AvgIpc) is 3.49. The number of phosphoric acid groups is 2. The van der Waals surface area contributed by atoms with Crippen molar-refractivity contribution in [3.05, 3.63) is 0 Å². The first kappa shape index (κ1) is 86.1. The highest BCUT2D eigenvalue weighted by Gasteiger charge is 2.30. The van der Waals surface area contributed by atoms with E-state index < -0.39 is 97.5 Å². The van der Waals surface area contributed by atoms with Gasteiger partial charge in [0.1, 0.15) is 19.3 Å². The van der Waals surface area contributed by atoms with Crippen LogP contribution in [0.3, 0.4) is 0 Å². The van der Waals surface area contributed by atoms with E-state index in [0.29, 0.717) is 25.7 Å². The zero-order chi connectivity index (χ0) is 65.0. The second-order valence-electron chi connectivity index (χ2n) is 25.6. The third-order valence-corrected chi connectivity index (χ3v) is 18.2. The maximum atomic E-state index is 13.0. The molecule has 17 nitrogen and oxygen atoms in total. The molecule has 0 aromatic carbocycles. The number of rotatable bonds is 68. The highest BCUT2D eigenvalue weighted by Crippen LogP contribution is 2.45. The van der Waals surface area contributed by atoms with Crippen LogP contribution in [0.15, 0.2) is 0 Å². The summed E-state index contributed by atoms with van der Waals surface area (Å²) in [5.41, 5.74) is 0. The van der Waals surface area contributed by atoms with Crippen LogP contribution in [0.5, 0.6) is 0 Å². The van der Waals surface area contributed by atoms with E-state index in [1.54, 1.807) is 0 Å². The van der Waals surface area contributed by atoms with Crippen molar-refractivity contribution in [2.75, 3.05) is 39.6 Å². The Bertz CT molecular complexity index is 1720. The maximum Gasteiger partial charge on any atom is 0.472 e. The third kappa shape index (κ3) is 61.6. The van der Waals surface area contributed by atoms with Gasteiger partial charge in [0.05, 0.1) is 26.4 Å². The van der Waals surface area contributed by atoms with Crippen molar-refractivity contribution in [2.24, 2.45) is 11.8 Å². The van der Waals surface area contributed by atoms with Crippen LogP contribution in [0.1, 0.15) is 350 Å². The summed E-state index contributed by atoms with van der Waals surface area (Å²) in [4.78, 5) is 72.2. The van der Waals surface area contributed by atoms with Crippen LogP contribution in [0.25, 0.3) is 0 Å². The molecule has 0 aliphatic carbocycles. The molecule has 0 rings (SSSR count). The molecule has 0 saturated carbocycles. The van der Waals surface area contributed by atoms with Gasteiger partial charge in [0.25, 0.3) is 0 Å². The number of ether oxygens (including phenoxy) is 4. The lowest BCUT2D eigenvalue weighted by Crippen LogP contribution is -2.30. The van der Waals surface area contributed by atoms with Gasteiger partial charge >= 0.3 is 39.5 Å². The van der Waals surface area contributed by atoms with Crippen molar-refractivity contribution in [1.29, 1.82) is 0 Å². The quantitative estimate of drug-likeness (QED) is 0.0222. The minimum Gasteiger partial charge on any atom is -0.462 e. The summed E-state index contributed by atoms with van der Waals surface area (Å²) in [6.45, 7) is 9.43. The molecule has 0 spiro atoms. The topological polar surface area (TPSA) is 237 Å². The molecule has 88 heavy (non-hydrogen) atoms. The highest BCUT2D eigenvalue weighted by molar-refractivity contribution is 7.47. The largest absolute Gasteiger partial charge is 0.472 e. The maximum absolute atomic E-state index is 13.0. The number of unbranched alkanes of at least 4 members (excludes halogenated alkanes) is 37. The summed E-state index contributed by atoms with van der Waals surface area (Å²) in [5.74, 6) is -0.609. The predicted molar refractivity (Wildman–Crippen MR) is 354 cm³/mol. The fourth-order valence-corrected chi connectivity index (χ4v) is 12.0. The van der Waals surface area contributed by atoms with Crippen molar-refractivity contribution in [3.63, 3.8) is 0 Å². The molecular weight excluding hydrogens is 1160 g/mol. The molecule has 3 N–H and O–H groups in total. The molecule has 0 radical (unpaired) electrons. The average molecular weight is 1300 g/mol. The lowest BCUT2D eigenvalue weighted by atomic mass is 10.00. The van der Waals surface area contributed by atoms with Crippen LogP contribution >= 0.6 is 15.6 Å². The molecule has 0 aromatic rings. The number of hydrogen-bond acceptors (Lipinski definition) is 15. The van der Waals surface area contributed by atoms with Gasteiger partial charge in [-0.1, -0.05) is 298 Å². The number of carbonyl (C=O) groups is 4. The third-order valence-electron chi connectivity index (χ3n) is 16.3. The van der Waals surface area contributed by atoms with Crippen molar-refractivity contribution in [1.82, 2.24) is 0 Å². The molecule has 522 valence electrons. The summed E-state index contributed by atoms with van der Waals surface area (Å²) in [5, 5.41) is 10.5. The fraction of sp³-hybridized carbons (Fsp3) is 0.942. The summed E-state index contributed by atoms with van der Waals surface area (Å²) in [7, 11) is -9.89. The Morgan fingerprint density at radius 1 is 0.330 bits per heavy atom. The molecule has 0 aliphatic heterocycles. The van der Waals surface area contributed by atoms with E-state index >= 15 is 0 Å². The molecule has 0 heterocycles. The molecule has 19 heteroatoms. The van der Waals surface area contributed by atoms with E-state index in [1.165, 1.54) is 161 Å². The molecule has 0 aromatic heterocycles. The van der Waals surface area contributed by atoms with Gasteiger partial charge in [-0.2, -0.15) is 0 Å². The first-order chi connectivity index (χ1) is 42.4. The van der Waals surface area contributed by atoms with Crippen LogP contribution in [0.4, 0.5) is 0 Å². The standard InChI is InChI=1S/C69H134O17P2/c1-7-10-12-14-15-16-17-18-24-27-30-33-40-46-52-67(72)80-58-65(85-68(73)53-47-41-34-31-28-25-22-20-19-21-23-26-29-32-38-43-49-61(4)5)60-84-88(77,78)82-56-63(70)55-81-87(75,76)83-59-64(57-79-66(71)51-45-37-13-11-8-2)86-69(74)54-48-42-36-35-39-44-50-62(6)9-3/h61-65,70H,7-60H2,1-6H3,(H,75,76)(H,77,78)/t62?,63-,64+,65+/m0/s1. The first-order valence-electron chi connectivity index (χ1n) is 36.0. The van der Waals surface area contributed by atoms with E-state index in [2.05, 4.69) is 41.5 Å². The lowest BCUT2D eigenvalue weighted by molar-refractivity contribution is -0.161. The van der Waals surface area contributed by atoms with Gasteiger partial charge in [0.2, 0.25) is 0 Å². The van der Waals surface area contributed by atoms with E-state index in [1.807, 2.05) is 0 Å². The van der Waals surface area contributed by atoms with Crippen molar-refractivity contribution in [2.45, 2.75) is 368 Å². The molecule has 6 atom stereocenters. The minimum absolute atomic E-state index is 0.102. The van der Waals surface area contributed by atoms with Crippen molar-refractivity contribution >= 4 is 39.5 Å². The van der Waals surface area contributed by atoms with E-state index in [9.17, 15) is 43.2 Å². The fourth-order valence-electron chi connectivity index (χ4n) is 10.4. The number of aliphatic hydroxyl groups excluding tert-OH is 1. The number of esters is 4. The number of carbonyl (C=O) groups excluding carboxylic acids is 4. The first-order valence-corrected chi connectivity index (χ1v) is 39.0. The van der Waals surface area contributed by atoms with Crippen LogP contribution in [-0.4, -0.2) is 96.7 Å². The summed E-state index contributed by atoms with van der Waals surface area (Å²) >= 11 is 0. The lowest BCUT2D eigenvalue weighted by Gasteiger charge is -2.21. The van der Waals surface area contributed by atoms with E-state index in [0.717, 1.165) is 108 Å². The Hall–Kier alpha value is -1.94. The molecular formula is C69H134O17P2. The summed E-state index contributed by atoms with van der Waals surface area (Å²) in [6.07, 6.45) is 46.3. The summed E-state index contributed by atoms with van der Waals surface area (Å²) < 4.78 is 68.0. The molecule has 0 amide bonds. The zero-order valence-corrected chi connectivity index (χ0v) is 58.8. The van der Waals surface area contributed by atoms with Gasteiger partial charge < -0.3 is 33.8 Å². The van der Waals surface area contributed by atoms with Gasteiger partial charge in [-0.3, -0.25) is 37.3 Å². The Kier molecular flexibility index (Phi) is 59.9. The van der Waals surface area contributed by atoms with Gasteiger partial charge in [-0.05, 0) is 37.5 Å². The Morgan fingerprint density at radius 2 is 0.580 bits per heavy atom. The molecule has 0 aliphatic rings. The van der Waals surface area contributed by atoms with Crippen LogP contribution in [0, 0.1) is 11.8 Å². The Balaban J connectivity index is 5.15. The second kappa shape index (κ2) is 61.3. The van der Waals surface area contributed by atoms with Gasteiger partial charge in [-0.15, -0.1) is 0 Å². The molecule has 0 fully saturated rings. The van der Waals surface area contributed by atoms with Crippen LogP contribution < -0.4 is 0 Å². The monoisotopic (exact) mass is 1300 g/mol. The van der Waals surface area contributed by atoms with Gasteiger partial charge in [0, 0.05) is 25.7 Å². The Morgan fingerprint density at radius 3 is 0.864 bits per heavy atom. The van der Waals surface area contributed by atoms with E-state index in [-0.39, 0.29) is 25.7 Å². The van der Waals surface area contributed by atoms with Gasteiger partial charge in [0.15, 0.2) is 12.2 Å². The van der Waals surface area contributed by atoms with Gasteiger partial charge in [-0.25, -0.2) is 9.13 Å². The van der Waals surface area contributed by atoms with Crippen LogP contribution in [0.2, 0.25) is 0 Å². The number of aliphatic hydroxyl groups is 1. The Labute approximate surface area is 537 Å². The SMILES string of the molecule is CCCCCCCCCCCCCCCCC(=O)OC[C@H](COP(=O)(O)OC[C@@H](O)COP(=O)(O)OC[C@@H](COC(=O)CCCCCCC)OC(=O)CCCCCCCCC(C)CC)OC(=O)CCCCCCCCCCCCCCCCCCC(C)C. The van der Waals surface area contributed by atoms with E-state index in [4.69, 9.17) is 37.0 Å². The van der Waals surface area contributed by atoms with Crippen molar-refractivity contribution in [3.8, 4) is 0 Å². The smallest absolute Gasteiger partial charge is 0.462 e. The number of phosphoric ester groups is 2. The highest BCUT2D eigenvalue weighted by atomic mass is 31.2. The molecule has 3 unspecified atom stereocenters. The zero-order valence-electron chi connectivity index (χ0n) is 57.0. The van der Waals surface area contributed by atoms with Crippen LogP contribution in [-0.2, 0) is 65.4 Å². The molecule has 0 saturated heterocycles. The normalized spacial score (nSPS) is 14.5.